The van der Waals surface area contributed by atoms with Crippen molar-refractivity contribution < 1.29 is 4.74 Å². The Hall–Kier alpha value is -0.630. The zero-order valence-corrected chi connectivity index (χ0v) is 15.6. The number of nitrogens with zero attached hydrogens (tertiary/aromatic N) is 1. The summed E-state index contributed by atoms with van der Waals surface area (Å²) in [5, 5.41) is 7.17. The van der Waals surface area contributed by atoms with Gasteiger partial charge in [0.15, 0.2) is 5.96 Å². The molecule has 0 aliphatic heterocycles. The SMILES string of the molecule is CN=C(NCc1ccc(OC)cc1)NCC(C)SC.I. The molecule has 0 amide bonds. The quantitative estimate of drug-likeness (QED) is 0.431. The van der Waals surface area contributed by atoms with Crippen LogP contribution in [-0.2, 0) is 6.54 Å². The van der Waals surface area contributed by atoms with Crippen LogP contribution >= 0.6 is 35.7 Å². The molecule has 0 heterocycles. The molecule has 0 saturated carbocycles. The van der Waals surface area contributed by atoms with E-state index in [0.717, 1.165) is 24.8 Å². The smallest absolute Gasteiger partial charge is 0.191 e. The second-order valence-electron chi connectivity index (χ2n) is 4.20. The maximum Gasteiger partial charge on any atom is 0.191 e. The van der Waals surface area contributed by atoms with Crippen LogP contribution in [0.1, 0.15) is 12.5 Å². The van der Waals surface area contributed by atoms with E-state index in [2.05, 4.69) is 28.8 Å². The Bertz CT molecular complexity index is 398. The number of halogens is 1. The first-order valence-electron chi connectivity index (χ1n) is 6.29. The molecular weight excluding hydrogens is 385 g/mol. The molecule has 1 aromatic carbocycles. The zero-order valence-electron chi connectivity index (χ0n) is 12.5. The fourth-order valence-corrected chi connectivity index (χ4v) is 1.72. The summed E-state index contributed by atoms with van der Waals surface area (Å²) in [6, 6.07) is 8.01. The molecule has 1 unspecified atom stereocenters. The van der Waals surface area contributed by atoms with Crippen molar-refractivity contribution in [2.75, 3.05) is 27.0 Å². The van der Waals surface area contributed by atoms with Crippen molar-refractivity contribution >= 4 is 41.7 Å². The number of ether oxygens (including phenoxy) is 1. The summed E-state index contributed by atoms with van der Waals surface area (Å²) in [6.45, 7) is 3.84. The molecule has 0 saturated heterocycles. The van der Waals surface area contributed by atoms with Gasteiger partial charge in [0.25, 0.3) is 0 Å². The lowest BCUT2D eigenvalue weighted by Crippen LogP contribution is -2.39. The molecule has 1 aromatic rings. The fourth-order valence-electron chi connectivity index (χ4n) is 1.47. The van der Waals surface area contributed by atoms with Gasteiger partial charge in [-0.25, -0.2) is 0 Å². The molecule has 1 atom stereocenters. The molecule has 0 fully saturated rings. The average molecular weight is 409 g/mol. The molecule has 0 aliphatic rings. The molecule has 0 aliphatic carbocycles. The zero-order chi connectivity index (χ0) is 14.1. The number of rotatable bonds is 6. The van der Waals surface area contributed by atoms with E-state index in [1.165, 1.54) is 5.56 Å². The Kier molecular flexibility index (Phi) is 10.7. The van der Waals surface area contributed by atoms with Gasteiger partial charge in [-0.3, -0.25) is 4.99 Å². The summed E-state index contributed by atoms with van der Waals surface area (Å²) in [4.78, 5) is 4.20. The molecule has 4 nitrogen and oxygen atoms in total. The third-order valence-electron chi connectivity index (χ3n) is 2.80. The highest BCUT2D eigenvalue weighted by molar-refractivity contribution is 14.0. The minimum atomic E-state index is 0. The third-order valence-corrected chi connectivity index (χ3v) is 3.77. The van der Waals surface area contributed by atoms with Gasteiger partial charge in [0.2, 0.25) is 0 Å². The number of methoxy groups -OCH3 is 1. The largest absolute Gasteiger partial charge is 0.497 e. The van der Waals surface area contributed by atoms with E-state index in [0.29, 0.717) is 5.25 Å². The van der Waals surface area contributed by atoms with Crippen molar-refractivity contribution in [2.24, 2.45) is 4.99 Å². The number of thioether (sulfide) groups is 1. The molecule has 2 N–H and O–H groups in total. The number of guanidine groups is 1. The topological polar surface area (TPSA) is 45.7 Å². The van der Waals surface area contributed by atoms with E-state index < -0.39 is 0 Å². The normalized spacial score (nSPS) is 12.3. The molecule has 0 spiro atoms. The summed E-state index contributed by atoms with van der Waals surface area (Å²) < 4.78 is 5.13. The molecule has 0 bridgehead atoms. The minimum absolute atomic E-state index is 0. The number of aliphatic imine (C=N–C) groups is 1. The van der Waals surface area contributed by atoms with E-state index >= 15 is 0 Å². The van der Waals surface area contributed by atoms with Crippen LogP contribution in [0, 0.1) is 0 Å². The summed E-state index contributed by atoms with van der Waals surface area (Å²) in [5.74, 6) is 1.71. The molecule has 114 valence electrons. The van der Waals surface area contributed by atoms with Crippen LogP contribution in [0.25, 0.3) is 0 Å². The van der Waals surface area contributed by atoms with Gasteiger partial charge in [0.05, 0.1) is 7.11 Å². The number of nitrogens with one attached hydrogen (secondary N) is 2. The van der Waals surface area contributed by atoms with Gasteiger partial charge in [-0.15, -0.1) is 24.0 Å². The van der Waals surface area contributed by atoms with Gasteiger partial charge >= 0.3 is 0 Å². The first-order valence-corrected chi connectivity index (χ1v) is 7.58. The lowest BCUT2D eigenvalue weighted by Gasteiger charge is -2.14. The predicted molar refractivity (Wildman–Crippen MR) is 99.6 cm³/mol. The lowest BCUT2D eigenvalue weighted by molar-refractivity contribution is 0.414. The van der Waals surface area contributed by atoms with Crippen LogP contribution in [0.4, 0.5) is 0 Å². The molecule has 0 radical (unpaired) electrons. The highest BCUT2D eigenvalue weighted by Gasteiger charge is 2.02. The molecule has 20 heavy (non-hydrogen) atoms. The molecular formula is C14H24IN3OS. The van der Waals surface area contributed by atoms with Crippen LogP contribution in [0.15, 0.2) is 29.3 Å². The lowest BCUT2D eigenvalue weighted by atomic mass is 10.2. The highest BCUT2D eigenvalue weighted by atomic mass is 127. The van der Waals surface area contributed by atoms with E-state index in [1.807, 2.05) is 36.0 Å². The van der Waals surface area contributed by atoms with Gasteiger partial charge in [0.1, 0.15) is 5.75 Å². The van der Waals surface area contributed by atoms with Gasteiger partial charge < -0.3 is 15.4 Å². The Morgan fingerprint density at radius 1 is 1.30 bits per heavy atom. The van der Waals surface area contributed by atoms with Gasteiger partial charge in [-0.2, -0.15) is 11.8 Å². The predicted octanol–water partition coefficient (Wildman–Crippen LogP) is 2.73. The van der Waals surface area contributed by atoms with E-state index in [-0.39, 0.29) is 24.0 Å². The van der Waals surface area contributed by atoms with E-state index in [1.54, 1.807) is 14.2 Å². The van der Waals surface area contributed by atoms with Gasteiger partial charge in [0, 0.05) is 25.4 Å². The molecule has 1 rings (SSSR count). The second-order valence-corrected chi connectivity index (χ2v) is 5.48. The van der Waals surface area contributed by atoms with Crippen molar-refractivity contribution in [3.63, 3.8) is 0 Å². The molecule has 6 heteroatoms. The Balaban J connectivity index is 0.00000361. The van der Waals surface area contributed by atoms with Crippen LogP contribution in [-0.4, -0.2) is 38.2 Å². The monoisotopic (exact) mass is 409 g/mol. The van der Waals surface area contributed by atoms with Crippen molar-refractivity contribution in [3.8, 4) is 5.75 Å². The van der Waals surface area contributed by atoms with Gasteiger partial charge in [-0.1, -0.05) is 19.1 Å². The highest BCUT2D eigenvalue weighted by Crippen LogP contribution is 2.10. The Morgan fingerprint density at radius 3 is 2.45 bits per heavy atom. The van der Waals surface area contributed by atoms with E-state index in [4.69, 9.17) is 4.74 Å². The van der Waals surface area contributed by atoms with Crippen molar-refractivity contribution in [2.45, 2.75) is 18.7 Å². The molecule has 0 aromatic heterocycles. The van der Waals surface area contributed by atoms with Crippen molar-refractivity contribution in [3.05, 3.63) is 29.8 Å². The summed E-state index contributed by atoms with van der Waals surface area (Å²) in [7, 11) is 3.46. The Labute approximate surface area is 143 Å². The minimum Gasteiger partial charge on any atom is -0.497 e. The number of hydrogen-bond donors (Lipinski definition) is 2. The number of benzene rings is 1. The van der Waals surface area contributed by atoms with Crippen molar-refractivity contribution in [1.82, 2.24) is 10.6 Å². The van der Waals surface area contributed by atoms with Crippen molar-refractivity contribution in [1.29, 1.82) is 0 Å². The standard InChI is InChI=1S/C14H23N3OS.HI/c1-11(19-4)9-16-14(15-2)17-10-12-5-7-13(18-3)8-6-12;/h5-8,11H,9-10H2,1-4H3,(H2,15,16,17);1H. The Morgan fingerprint density at radius 2 is 1.95 bits per heavy atom. The van der Waals surface area contributed by atoms with Crippen LogP contribution in [0.5, 0.6) is 5.75 Å². The van der Waals surface area contributed by atoms with Crippen LogP contribution in [0.2, 0.25) is 0 Å². The average Bonchev–Trinajstić information content (AvgIpc) is 2.47. The summed E-state index contributed by atoms with van der Waals surface area (Å²) >= 11 is 1.84. The third kappa shape index (κ3) is 7.23. The van der Waals surface area contributed by atoms with Crippen LogP contribution < -0.4 is 15.4 Å². The van der Waals surface area contributed by atoms with Crippen LogP contribution in [0.3, 0.4) is 0 Å². The maximum atomic E-state index is 5.13. The number of hydrogen-bond acceptors (Lipinski definition) is 3. The van der Waals surface area contributed by atoms with E-state index in [9.17, 15) is 0 Å². The summed E-state index contributed by atoms with van der Waals surface area (Å²) in [5.41, 5.74) is 1.20. The van der Waals surface area contributed by atoms with Gasteiger partial charge in [-0.05, 0) is 24.0 Å². The first kappa shape index (κ1) is 19.4. The summed E-state index contributed by atoms with van der Waals surface area (Å²) in [6.07, 6.45) is 2.11. The second kappa shape index (κ2) is 11.1. The first-order chi connectivity index (χ1) is 9.19. The maximum absolute atomic E-state index is 5.13. The fraction of sp³-hybridized carbons (Fsp3) is 0.500.